The van der Waals surface area contributed by atoms with Gasteiger partial charge in [-0.1, -0.05) is 48.5 Å². The van der Waals surface area contributed by atoms with Crippen LogP contribution in [0, 0.1) is 5.82 Å². The van der Waals surface area contributed by atoms with E-state index in [2.05, 4.69) is 64.4 Å². The summed E-state index contributed by atoms with van der Waals surface area (Å²) in [7, 11) is 0. The number of piperazine rings is 1. The van der Waals surface area contributed by atoms with Gasteiger partial charge >= 0.3 is 0 Å². The zero-order valence-corrected chi connectivity index (χ0v) is 23.5. The minimum absolute atomic E-state index is 0.123. The first kappa shape index (κ1) is 26.9. The molecule has 1 unspecified atom stereocenters. The van der Waals surface area contributed by atoms with E-state index in [1.165, 1.54) is 22.4 Å². The average Bonchev–Trinajstić information content (AvgIpc) is 3.01. The SMILES string of the molecule is CC(=O)N1CCN(c2ccc(CC3c4ccc(OCc5ccccc5)cc4CCN3c3ccc(F)cc3)cc2)CC1. The number of halogens is 1. The molecule has 0 saturated carbocycles. The smallest absolute Gasteiger partial charge is 0.219 e. The molecule has 0 N–H and O–H groups in total. The van der Waals surface area contributed by atoms with Gasteiger partial charge in [-0.3, -0.25) is 4.79 Å². The molecule has 4 aromatic carbocycles. The molecule has 0 bridgehead atoms. The van der Waals surface area contributed by atoms with Crippen molar-refractivity contribution in [3.63, 3.8) is 0 Å². The van der Waals surface area contributed by atoms with Crippen LogP contribution in [-0.2, 0) is 24.2 Å². The van der Waals surface area contributed by atoms with Crippen molar-refractivity contribution in [3.05, 3.63) is 125 Å². The fraction of sp³-hybridized carbons (Fsp3) is 0.286. The third-order valence-electron chi connectivity index (χ3n) is 8.33. The van der Waals surface area contributed by atoms with Crippen LogP contribution >= 0.6 is 0 Å². The van der Waals surface area contributed by atoms with Crippen LogP contribution < -0.4 is 14.5 Å². The van der Waals surface area contributed by atoms with Crippen molar-refractivity contribution in [3.8, 4) is 5.75 Å². The summed E-state index contributed by atoms with van der Waals surface area (Å²) in [5, 5.41) is 0. The summed E-state index contributed by atoms with van der Waals surface area (Å²) in [4.78, 5) is 18.4. The molecule has 6 rings (SSSR count). The Hall–Kier alpha value is -4.32. The van der Waals surface area contributed by atoms with Crippen LogP contribution in [0.4, 0.5) is 15.8 Å². The third kappa shape index (κ3) is 6.22. The number of hydrogen-bond donors (Lipinski definition) is 0. The minimum Gasteiger partial charge on any atom is -0.489 e. The lowest BCUT2D eigenvalue weighted by Crippen LogP contribution is -2.48. The molecule has 5 nitrogen and oxygen atoms in total. The number of rotatable bonds is 7. The van der Waals surface area contributed by atoms with Crippen LogP contribution in [0.25, 0.3) is 0 Å². The van der Waals surface area contributed by atoms with Crippen LogP contribution in [0.2, 0.25) is 0 Å². The van der Waals surface area contributed by atoms with Gasteiger partial charge in [-0.2, -0.15) is 0 Å². The lowest BCUT2D eigenvalue weighted by molar-refractivity contribution is -0.129. The Kier molecular flexibility index (Phi) is 7.90. The average molecular weight is 550 g/mol. The number of anilines is 2. The van der Waals surface area contributed by atoms with Crippen molar-refractivity contribution >= 4 is 17.3 Å². The number of hydrogen-bond acceptors (Lipinski definition) is 4. The van der Waals surface area contributed by atoms with Crippen molar-refractivity contribution in [1.29, 1.82) is 0 Å². The summed E-state index contributed by atoms with van der Waals surface area (Å²) in [5.74, 6) is 0.812. The number of amides is 1. The minimum atomic E-state index is -0.220. The van der Waals surface area contributed by atoms with Crippen molar-refractivity contribution in [1.82, 2.24) is 4.90 Å². The highest BCUT2D eigenvalue weighted by Gasteiger charge is 2.28. The van der Waals surface area contributed by atoms with Gasteiger partial charge in [0.1, 0.15) is 18.2 Å². The summed E-state index contributed by atoms with van der Waals surface area (Å²) in [6, 6.07) is 32.5. The highest BCUT2D eigenvalue weighted by molar-refractivity contribution is 5.73. The first-order valence-electron chi connectivity index (χ1n) is 14.4. The van der Waals surface area contributed by atoms with Gasteiger partial charge in [-0.15, -0.1) is 0 Å². The molecule has 41 heavy (non-hydrogen) atoms. The second kappa shape index (κ2) is 12.0. The molecule has 210 valence electrons. The molecule has 2 aliphatic heterocycles. The van der Waals surface area contributed by atoms with Gasteiger partial charge in [0.2, 0.25) is 5.91 Å². The third-order valence-corrected chi connectivity index (χ3v) is 8.33. The molecular weight excluding hydrogens is 513 g/mol. The molecule has 0 radical (unpaired) electrons. The topological polar surface area (TPSA) is 36.0 Å². The van der Waals surface area contributed by atoms with Crippen molar-refractivity contribution in [2.45, 2.75) is 32.4 Å². The Labute approximate surface area is 241 Å². The predicted molar refractivity (Wildman–Crippen MR) is 162 cm³/mol. The van der Waals surface area contributed by atoms with Crippen molar-refractivity contribution in [2.24, 2.45) is 0 Å². The Morgan fingerprint density at radius 3 is 2.22 bits per heavy atom. The van der Waals surface area contributed by atoms with Crippen molar-refractivity contribution in [2.75, 3.05) is 42.5 Å². The van der Waals surface area contributed by atoms with E-state index in [0.717, 1.165) is 62.6 Å². The zero-order valence-electron chi connectivity index (χ0n) is 23.5. The van der Waals surface area contributed by atoms with Gasteiger partial charge in [-0.25, -0.2) is 4.39 Å². The van der Waals surface area contributed by atoms with E-state index in [0.29, 0.717) is 6.61 Å². The summed E-state index contributed by atoms with van der Waals surface area (Å²) >= 11 is 0. The zero-order chi connectivity index (χ0) is 28.2. The molecule has 1 saturated heterocycles. The van der Waals surface area contributed by atoms with Crippen LogP contribution in [-0.4, -0.2) is 43.5 Å². The maximum absolute atomic E-state index is 13.8. The number of benzene rings is 4. The van der Waals surface area contributed by atoms with Crippen LogP contribution in [0.3, 0.4) is 0 Å². The molecule has 6 heteroatoms. The summed E-state index contributed by atoms with van der Waals surface area (Å²) < 4.78 is 19.9. The fourth-order valence-electron chi connectivity index (χ4n) is 6.03. The maximum atomic E-state index is 13.8. The molecule has 0 aliphatic carbocycles. The van der Waals surface area contributed by atoms with Gasteiger partial charge in [-0.05, 0) is 83.6 Å². The van der Waals surface area contributed by atoms with E-state index in [4.69, 9.17) is 4.74 Å². The standard InChI is InChI=1S/C35H36FN3O2/c1-26(40)37-19-21-38(22-20-37)31-11-7-27(8-12-31)23-35-34-16-15-33(41-25-28-5-3-2-4-6-28)24-29(34)17-18-39(35)32-13-9-30(36)10-14-32/h2-16,24,35H,17-23,25H2,1H3. The van der Waals surface area contributed by atoms with E-state index in [9.17, 15) is 9.18 Å². The first-order chi connectivity index (χ1) is 20.0. The Balaban J connectivity index is 1.22. The molecule has 4 aromatic rings. The monoisotopic (exact) mass is 549 g/mol. The van der Waals surface area contributed by atoms with E-state index >= 15 is 0 Å². The van der Waals surface area contributed by atoms with E-state index in [-0.39, 0.29) is 17.8 Å². The maximum Gasteiger partial charge on any atom is 0.219 e. The molecule has 1 amide bonds. The van der Waals surface area contributed by atoms with Crippen LogP contribution in [0.15, 0.2) is 97.1 Å². The summed E-state index contributed by atoms with van der Waals surface area (Å²) in [5.41, 5.74) is 7.22. The van der Waals surface area contributed by atoms with Gasteiger partial charge in [0.25, 0.3) is 0 Å². The summed E-state index contributed by atoms with van der Waals surface area (Å²) in [6.07, 6.45) is 1.74. The predicted octanol–water partition coefficient (Wildman–Crippen LogP) is 6.42. The first-order valence-corrected chi connectivity index (χ1v) is 14.4. The number of carbonyl (C=O) groups excluding carboxylic acids is 1. The molecular formula is C35H36FN3O2. The molecule has 1 fully saturated rings. The second-order valence-electron chi connectivity index (χ2n) is 10.9. The quantitative estimate of drug-likeness (QED) is 0.267. The Morgan fingerprint density at radius 2 is 1.51 bits per heavy atom. The molecule has 2 aliphatic rings. The highest BCUT2D eigenvalue weighted by atomic mass is 19.1. The number of fused-ring (bicyclic) bond motifs is 1. The lowest BCUT2D eigenvalue weighted by Gasteiger charge is -2.39. The molecule has 2 heterocycles. The normalized spacial score (nSPS) is 16.8. The molecule has 0 aromatic heterocycles. The lowest BCUT2D eigenvalue weighted by atomic mass is 9.88. The molecule has 0 spiro atoms. The van der Waals surface area contributed by atoms with Gasteiger partial charge in [0, 0.05) is 51.0 Å². The Morgan fingerprint density at radius 1 is 0.805 bits per heavy atom. The second-order valence-corrected chi connectivity index (χ2v) is 10.9. The largest absolute Gasteiger partial charge is 0.489 e. The van der Waals surface area contributed by atoms with Crippen molar-refractivity contribution < 1.29 is 13.9 Å². The van der Waals surface area contributed by atoms with E-state index in [1.54, 1.807) is 19.1 Å². The number of nitrogens with zero attached hydrogens (tertiary/aromatic N) is 3. The van der Waals surface area contributed by atoms with Crippen LogP contribution in [0.1, 0.15) is 35.2 Å². The fourth-order valence-corrected chi connectivity index (χ4v) is 6.03. The number of carbonyl (C=O) groups is 1. The van der Waals surface area contributed by atoms with E-state index < -0.39 is 0 Å². The van der Waals surface area contributed by atoms with E-state index in [1.807, 2.05) is 35.2 Å². The van der Waals surface area contributed by atoms with Gasteiger partial charge in [0.05, 0.1) is 6.04 Å². The van der Waals surface area contributed by atoms with Gasteiger partial charge < -0.3 is 19.4 Å². The van der Waals surface area contributed by atoms with Crippen LogP contribution in [0.5, 0.6) is 5.75 Å². The highest BCUT2D eigenvalue weighted by Crippen LogP contribution is 2.38. The summed E-state index contributed by atoms with van der Waals surface area (Å²) in [6.45, 7) is 6.26. The van der Waals surface area contributed by atoms with Gasteiger partial charge in [0.15, 0.2) is 0 Å². The number of ether oxygens (including phenoxy) is 1. The molecule has 1 atom stereocenters. The Bertz CT molecular complexity index is 1470.